The summed E-state index contributed by atoms with van der Waals surface area (Å²) in [6.07, 6.45) is 2.05. The molecule has 1 atom stereocenters. The lowest BCUT2D eigenvalue weighted by Crippen LogP contribution is -2.31. The summed E-state index contributed by atoms with van der Waals surface area (Å²) < 4.78 is 14.9. The summed E-state index contributed by atoms with van der Waals surface area (Å²) in [4.78, 5) is 15.0. The van der Waals surface area contributed by atoms with E-state index in [1.54, 1.807) is 12.1 Å². The molecule has 28 heavy (non-hydrogen) atoms. The smallest absolute Gasteiger partial charge is 0.240 e. The van der Waals surface area contributed by atoms with Gasteiger partial charge in [0, 0.05) is 18.7 Å². The van der Waals surface area contributed by atoms with Crippen molar-refractivity contribution in [3.05, 3.63) is 66.0 Å². The van der Waals surface area contributed by atoms with Crippen LogP contribution in [0.2, 0.25) is 0 Å². The van der Waals surface area contributed by atoms with Crippen LogP contribution in [-0.2, 0) is 4.79 Å². The van der Waals surface area contributed by atoms with Gasteiger partial charge in [0.25, 0.3) is 0 Å². The summed E-state index contributed by atoms with van der Waals surface area (Å²) >= 11 is 1.26. The lowest BCUT2D eigenvalue weighted by atomic mass is 10.1. The Morgan fingerprint density at radius 3 is 2.54 bits per heavy atom. The molecule has 0 radical (unpaired) electrons. The standard InChI is InChI=1S/C20H20FN5OS/c21-16-10-6-9-15(13-16)18-23-24-20(26(18)22)28-17(14-7-2-1-3-8-14)19(27)25-11-4-5-12-25/h1-3,6-10,13,17H,4-5,11-12,22H2. The Morgan fingerprint density at radius 2 is 1.82 bits per heavy atom. The maximum absolute atomic E-state index is 13.5. The number of carbonyl (C=O) groups is 1. The molecular weight excluding hydrogens is 377 g/mol. The molecule has 0 aliphatic carbocycles. The van der Waals surface area contributed by atoms with Crippen LogP contribution in [0.5, 0.6) is 0 Å². The Kier molecular flexibility index (Phi) is 5.29. The second-order valence-corrected chi connectivity index (χ2v) is 7.70. The molecule has 0 saturated carbocycles. The van der Waals surface area contributed by atoms with Crippen molar-refractivity contribution in [2.75, 3.05) is 18.9 Å². The highest BCUT2D eigenvalue weighted by Crippen LogP contribution is 2.37. The molecule has 1 saturated heterocycles. The highest BCUT2D eigenvalue weighted by molar-refractivity contribution is 8.00. The number of likely N-dealkylation sites (tertiary alicyclic amines) is 1. The van der Waals surface area contributed by atoms with Crippen LogP contribution in [0.25, 0.3) is 11.4 Å². The molecule has 2 heterocycles. The van der Waals surface area contributed by atoms with Crippen molar-refractivity contribution in [3.8, 4) is 11.4 Å². The predicted molar refractivity (Wildman–Crippen MR) is 106 cm³/mol. The minimum absolute atomic E-state index is 0.0454. The molecule has 1 amide bonds. The Morgan fingerprint density at radius 1 is 1.07 bits per heavy atom. The number of nitrogens with two attached hydrogens (primary N) is 1. The quantitative estimate of drug-likeness (QED) is 0.528. The van der Waals surface area contributed by atoms with Gasteiger partial charge < -0.3 is 10.7 Å². The third-order valence-electron chi connectivity index (χ3n) is 4.71. The van der Waals surface area contributed by atoms with Crippen molar-refractivity contribution in [2.24, 2.45) is 0 Å². The van der Waals surface area contributed by atoms with Gasteiger partial charge in [-0.25, -0.2) is 9.07 Å². The molecule has 1 aliphatic rings. The van der Waals surface area contributed by atoms with E-state index in [0.29, 0.717) is 16.5 Å². The minimum Gasteiger partial charge on any atom is -0.341 e. The van der Waals surface area contributed by atoms with E-state index in [4.69, 9.17) is 5.84 Å². The number of aromatic nitrogens is 3. The number of hydrogen-bond donors (Lipinski definition) is 1. The second-order valence-electron chi connectivity index (χ2n) is 6.63. The van der Waals surface area contributed by atoms with Crippen LogP contribution in [0, 0.1) is 5.82 Å². The normalized spacial score (nSPS) is 15.0. The lowest BCUT2D eigenvalue weighted by molar-refractivity contribution is -0.129. The van der Waals surface area contributed by atoms with E-state index in [1.165, 1.54) is 28.6 Å². The number of hydrogen-bond acceptors (Lipinski definition) is 5. The van der Waals surface area contributed by atoms with Crippen molar-refractivity contribution in [2.45, 2.75) is 23.2 Å². The maximum Gasteiger partial charge on any atom is 0.240 e. The molecule has 1 fully saturated rings. The Hall–Kier alpha value is -2.87. The van der Waals surface area contributed by atoms with Gasteiger partial charge in [0.15, 0.2) is 5.82 Å². The van der Waals surface area contributed by atoms with E-state index in [2.05, 4.69) is 10.2 Å². The van der Waals surface area contributed by atoms with Gasteiger partial charge in [-0.1, -0.05) is 54.2 Å². The van der Waals surface area contributed by atoms with Gasteiger partial charge in [0.05, 0.1) is 0 Å². The molecule has 6 nitrogen and oxygen atoms in total. The van der Waals surface area contributed by atoms with E-state index in [-0.39, 0.29) is 11.7 Å². The average molecular weight is 397 g/mol. The molecule has 8 heteroatoms. The first-order valence-corrected chi connectivity index (χ1v) is 9.98. The van der Waals surface area contributed by atoms with Crippen molar-refractivity contribution in [1.82, 2.24) is 19.8 Å². The number of nitrogen functional groups attached to an aromatic ring is 1. The zero-order valence-corrected chi connectivity index (χ0v) is 16.0. The van der Waals surface area contributed by atoms with Crippen molar-refractivity contribution < 1.29 is 9.18 Å². The highest BCUT2D eigenvalue weighted by Gasteiger charge is 2.30. The van der Waals surface area contributed by atoms with Crippen molar-refractivity contribution >= 4 is 17.7 Å². The Balaban J connectivity index is 1.65. The summed E-state index contributed by atoms with van der Waals surface area (Å²) in [5.74, 6) is 6.21. The maximum atomic E-state index is 13.5. The summed E-state index contributed by atoms with van der Waals surface area (Å²) in [6, 6.07) is 15.6. The molecule has 2 N–H and O–H groups in total. The first kappa shape index (κ1) is 18.5. The monoisotopic (exact) mass is 397 g/mol. The van der Waals surface area contributed by atoms with Gasteiger partial charge in [-0.05, 0) is 30.5 Å². The fourth-order valence-corrected chi connectivity index (χ4v) is 4.32. The molecule has 1 unspecified atom stereocenters. The summed E-state index contributed by atoms with van der Waals surface area (Å²) in [5, 5.41) is 8.20. The zero-order valence-electron chi connectivity index (χ0n) is 15.2. The first-order chi connectivity index (χ1) is 13.6. The van der Waals surface area contributed by atoms with E-state index < -0.39 is 5.25 Å². The molecule has 4 rings (SSSR count). The van der Waals surface area contributed by atoms with Gasteiger partial charge in [-0.3, -0.25) is 4.79 Å². The van der Waals surface area contributed by atoms with Crippen molar-refractivity contribution in [1.29, 1.82) is 0 Å². The Labute approximate surface area is 166 Å². The minimum atomic E-state index is -0.467. The van der Waals surface area contributed by atoms with Gasteiger partial charge in [-0.15, -0.1) is 10.2 Å². The molecule has 1 aliphatic heterocycles. The molecular formula is C20H20FN5OS. The molecule has 144 valence electrons. The lowest BCUT2D eigenvalue weighted by Gasteiger charge is -2.22. The number of nitrogens with zero attached hydrogens (tertiary/aromatic N) is 4. The second kappa shape index (κ2) is 8.02. The highest BCUT2D eigenvalue weighted by atomic mass is 32.2. The van der Waals surface area contributed by atoms with Crippen LogP contribution in [0.3, 0.4) is 0 Å². The van der Waals surface area contributed by atoms with E-state index >= 15 is 0 Å². The molecule has 3 aromatic rings. The summed E-state index contributed by atoms with van der Waals surface area (Å²) in [7, 11) is 0. The third-order valence-corrected chi connectivity index (χ3v) is 5.91. The van der Waals surface area contributed by atoms with Gasteiger partial charge >= 0.3 is 0 Å². The number of halogens is 1. The fourth-order valence-electron chi connectivity index (χ4n) is 3.28. The third kappa shape index (κ3) is 3.73. The number of rotatable bonds is 5. The van der Waals surface area contributed by atoms with Crippen LogP contribution >= 0.6 is 11.8 Å². The molecule has 0 spiro atoms. The number of amides is 1. The van der Waals surface area contributed by atoms with Crippen LogP contribution in [0.4, 0.5) is 4.39 Å². The van der Waals surface area contributed by atoms with Crippen LogP contribution in [-0.4, -0.2) is 38.8 Å². The van der Waals surface area contributed by atoms with Crippen LogP contribution in [0.15, 0.2) is 59.8 Å². The largest absolute Gasteiger partial charge is 0.341 e. The number of benzene rings is 2. The van der Waals surface area contributed by atoms with E-state index in [0.717, 1.165) is 31.5 Å². The van der Waals surface area contributed by atoms with Gasteiger partial charge in [0.1, 0.15) is 11.1 Å². The molecule has 0 bridgehead atoms. The van der Waals surface area contributed by atoms with Crippen molar-refractivity contribution in [3.63, 3.8) is 0 Å². The molecule has 2 aromatic carbocycles. The summed E-state index contributed by atoms with van der Waals surface area (Å²) in [6.45, 7) is 1.54. The molecule has 1 aromatic heterocycles. The Bertz CT molecular complexity index is 972. The average Bonchev–Trinajstić information content (AvgIpc) is 3.37. The van der Waals surface area contributed by atoms with Gasteiger partial charge in [-0.2, -0.15) is 0 Å². The van der Waals surface area contributed by atoms with Gasteiger partial charge in [0.2, 0.25) is 11.1 Å². The predicted octanol–water partition coefficient (Wildman–Crippen LogP) is 3.25. The van der Waals surface area contributed by atoms with Crippen LogP contribution < -0.4 is 5.84 Å². The number of thioether (sulfide) groups is 1. The number of carbonyl (C=O) groups excluding carboxylic acids is 1. The zero-order chi connectivity index (χ0) is 19.5. The SMILES string of the molecule is Nn1c(SC(C(=O)N2CCCC2)c2ccccc2)nnc1-c1cccc(F)c1. The topological polar surface area (TPSA) is 77.0 Å². The summed E-state index contributed by atoms with van der Waals surface area (Å²) in [5.41, 5.74) is 1.42. The van der Waals surface area contributed by atoms with E-state index in [9.17, 15) is 9.18 Å². The first-order valence-electron chi connectivity index (χ1n) is 9.10. The van der Waals surface area contributed by atoms with E-state index in [1.807, 2.05) is 35.2 Å². The van der Waals surface area contributed by atoms with Crippen LogP contribution in [0.1, 0.15) is 23.7 Å². The fraction of sp³-hybridized carbons (Fsp3) is 0.250.